The molecule has 10 heavy (non-hydrogen) atoms. The minimum absolute atomic E-state index is 0.417. The van der Waals surface area contributed by atoms with Crippen molar-refractivity contribution in [2.75, 3.05) is 0 Å². The zero-order valence-corrected chi connectivity index (χ0v) is 5.81. The summed E-state index contributed by atoms with van der Waals surface area (Å²) < 4.78 is 0. The summed E-state index contributed by atoms with van der Waals surface area (Å²) in [5.74, 6) is 0. The lowest BCUT2D eigenvalue weighted by Crippen LogP contribution is -2.41. The van der Waals surface area contributed by atoms with Crippen LogP contribution in [0.4, 0.5) is 0 Å². The van der Waals surface area contributed by atoms with Crippen LogP contribution in [0.15, 0.2) is 4.99 Å². The minimum Gasteiger partial charge on any atom is -0.391 e. The van der Waals surface area contributed by atoms with Gasteiger partial charge in [-0.25, -0.2) is 0 Å². The first-order chi connectivity index (χ1) is 4.63. The molecule has 1 heterocycles. The van der Waals surface area contributed by atoms with E-state index in [1.165, 1.54) is 6.21 Å². The molecule has 4 unspecified atom stereocenters. The molecule has 1 aliphatic heterocycles. The SMILES string of the molecule is CC(O)C1N=CC(N)C1O. The van der Waals surface area contributed by atoms with E-state index in [4.69, 9.17) is 10.8 Å². The van der Waals surface area contributed by atoms with E-state index in [9.17, 15) is 5.11 Å². The molecule has 0 saturated heterocycles. The second-order valence-corrected chi connectivity index (χ2v) is 2.60. The molecule has 0 bridgehead atoms. The van der Waals surface area contributed by atoms with Gasteiger partial charge in [0.1, 0.15) is 6.04 Å². The van der Waals surface area contributed by atoms with Crippen LogP contribution in [0.5, 0.6) is 0 Å². The molecule has 1 rings (SSSR count). The summed E-state index contributed by atoms with van der Waals surface area (Å²) in [7, 11) is 0. The third-order valence-corrected chi connectivity index (χ3v) is 1.67. The normalized spacial score (nSPS) is 42.2. The van der Waals surface area contributed by atoms with Crippen molar-refractivity contribution in [3.8, 4) is 0 Å². The van der Waals surface area contributed by atoms with Crippen molar-refractivity contribution in [3.63, 3.8) is 0 Å². The Morgan fingerprint density at radius 1 is 1.70 bits per heavy atom. The Kier molecular flexibility index (Phi) is 2.03. The average Bonchev–Trinajstić information content (AvgIpc) is 2.14. The van der Waals surface area contributed by atoms with Gasteiger partial charge in [0, 0.05) is 6.21 Å². The molecular weight excluding hydrogens is 132 g/mol. The third-order valence-electron chi connectivity index (χ3n) is 1.67. The van der Waals surface area contributed by atoms with Crippen LogP contribution in [0.25, 0.3) is 0 Å². The van der Waals surface area contributed by atoms with Gasteiger partial charge in [-0.2, -0.15) is 0 Å². The van der Waals surface area contributed by atoms with Crippen LogP contribution in [0, 0.1) is 0 Å². The summed E-state index contributed by atoms with van der Waals surface area (Å²) >= 11 is 0. The standard InChI is InChI=1S/C6H12N2O2/c1-3(9)5-6(10)4(7)2-8-5/h2-6,9-10H,7H2,1H3. The molecule has 0 fully saturated rings. The van der Waals surface area contributed by atoms with Crippen molar-refractivity contribution in [3.05, 3.63) is 0 Å². The van der Waals surface area contributed by atoms with Crippen LogP contribution in [-0.4, -0.2) is 40.7 Å². The smallest absolute Gasteiger partial charge is 0.103 e. The molecular formula is C6H12N2O2. The van der Waals surface area contributed by atoms with Crippen LogP contribution in [0.1, 0.15) is 6.92 Å². The average molecular weight is 144 g/mol. The van der Waals surface area contributed by atoms with Crippen LogP contribution in [0.2, 0.25) is 0 Å². The van der Waals surface area contributed by atoms with E-state index >= 15 is 0 Å². The number of hydrogen-bond donors (Lipinski definition) is 3. The van der Waals surface area contributed by atoms with Gasteiger partial charge in [-0.3, -0.25) is 4.99 Å². The van der Waals surface area contributed by atoms with E-state index in [-0.39, 0.29) is 0 Å². The fourth-order valence-corrected chi connectivity index (χ4v) is 1.01. The van der Waals surface area contributed by atoms with Gasteiger partial charge in [-0.1, -0.05) is 0 Å². The molecule has 58 valence electrons. The Balaban J connectivity index is 2.58. The zero-order chi connectivity index (χ0) is 7.72. The van der Waals surface area contributed by atoms with Gasteiger partial charge in [0.05, 0.1) is 18.2 Å². The summed E-state index contributed by atoms with van der Waals surface area (Å²) in [6.07, 6.45) is 0.127. The van der Waals surface area contributed by atoms with Gasteiger partial charge in [-0.15, -0.1) is 0 Å². The lowest BCUT2D eigenvalue weighted by atomic mass is 10.1. The molecule has 0 saturated carbocycles. The molecule has 4 heteroatoms. The molecule has 4 atom stereocenters. The van der Waals surface area contributed by atoms with Crippen molar-refractivity contribution in [2.24, 2.45) is 10.7 Å². The first-order valence-corrected chi connectivity index (χ1v) is 3.28. The number of aliphatic imine (C=N–C) groups is 1. The third kappa shape index (κ3) is 1.18. The number of nitrogens with two attached hydrogens (primary N) is 1. The van der Waals surface area contributed by atoms with Crippen LogP contribution in [0.3, 0.4) is 0 Å². The maximum Gasteiger partial charge on any atom is 0.103 e. The van der Waals surface area contributed by atoms with E-state index < -0.39 is 24.3 Å². The summed E-state index contributed by atoms with van der Waals surface area (Å²) in [5, 5.41) is 18.2. The highest BCUT2D eigenvalue weighted by Gasteiger charge is 2.31. The van der Waals surface area contributed by atoms with Gasteiger partial charge in [0.15, 0.2) is 0 Å². The van der Waals surface area contributed by atoms with Crippen LogP contribution < -0.4 is 5.73 Å². The number of aliphatic hydroxyl groups excluding tert-OH is 2. The molecule has 0 spiro atoms. The predicted molar refractivity (Wildman–Crippen MR) is 37.9 cm³/mol. The Hall–Kier alpha value is -0.450. The molecule has 0 radical (unpaired) electrons. The highest BCUT2D eigenvalue weighted by molar-refractivity contribution is 5.68. The number of nitrogens with zero attached hydrogens (tertiary/aromatic N) is 1. The second-order valence-electron chi connectivity index (χ2n) is 2.60. The molecule has 0 amide bonds. The Morgan fingerprint density at radius 3 is 2.50 bits per heavy atom. The molecule has 0 aromatic carbocycles. The monoisotopic (exact) mass is 144 g/mol. The maximum absolute atomic E-state index is 9.22. The quantitative estimate of drug-likeness (QED) is 0.419. The minimum atomic E-state index is -0.722. The van der Waals surface area contributed by atoms with E-state index in [1.807, 2.05) is 0 Å². The highest BCUT2D eigenvalue weighted by atomic mass is 16.3. The van der Waals surface area contributed by atoms with E-state index in [0.29, 0.717) is 0 Å². The second kappa shape index (κ2) is 2.65. The topological polar surface area (TPSA) is 78.8 Å². The molecule has 0 aliphatic carbocycles. The maximum atomic E-state index is 9.22. The largest absolute Gasteiger partial charge is 0.391 e. The Bertz CT molecular complexity index is 147. The van der Waals surface area contributed by atoms with Gasteiger partial charge >= 0.3 is 0 Å². The van der Waals surface area contributed by atoms with E-state index in [0.717, 1.165) is 0 Å². The van der Waals surface area contributed by atoms with Crippen LogP contribution >= 0.6 is 0 Å². The van der Waals surface area contributed by atoms with Crippen molar-refractivity contribution in [1.29, 1.82) is 0 Å². The van der Waals surface area contributed by atoms with Crippen LogP contribution in [-0.2, 0) is 0 Å². The zero-order valence-electron chi connectivity index (χ0n) is 5.81. The number of aliphatic hydroxyl groups is 2. The molecule has 0 aromatic heterocycles. The van der Waals surface area contributed by atoms with E-state index in [2.05, 4.69) is 4.99 Å². The lowest BCUT2D eigenvalue weighted by Gasteiger charge is -2.17. The number of rotatable bonds is 1. The van der Waals surface area contributed by atoms with Gasteiger partial charge in [-0.05, 0) is 6.92 Å². The summed E-state index contributed by atoms with van der Waals surface area (Å²) in [4.78, 5) is 3.85. The fraction of sp³-hybridized carbons (Fsp3) is 0.833. The Morgan fingerprint density at radius 2 is 2.30 bits per heavy atom. The molecule has 4 N–H and O–H groups in total. The van der Waals surface area contributed by atoms with Crippen molar-refractivity contribution < 1.29 is 10.2 Å². The molecule has 4 nitrogen and oxygen atoms in total. The summed E-state index contributed by atoms with van der Waals surface area (Å²) in [6.45, 7) is 1.59. The number of hydrogen-bond acceptors (Lipinski definition) is 4. The molecule has 1 aliphatic rings. The Labute approximate surface area is 59.4 Å². The predicted octanol–water partition coefficient (Wildman–Crippen LogP) is -1.49. The van der Waals surface area contributed by atoms with Gasteiger partial charge in [0.2, 0.25) is 0 Å². The van der Waals surface area contributed by atoms with Crippen molar-refractivity contribution in [1.82, 2.24) is 0 Å². The first kappa shape index (κ1) is 7.65. The molecule has 0 aromatic rings. The van der Waals surface area contributed by atoms with Crippen molar-refractivity contribution in [2.45, 2.75) is 31.2 Å². The highest BCUT2D eigenvalue weighted by Crippen LogP contribution is 2.12. The summed E-state index contributed by atoms with van der Waals surface area (Å²) in [6, 6.07) is -0.852. The summed E-state index contributed by atoms with van der Waals surface area (Å²) in [5.41, 5.74) is 5.40. The lowest BCUT2D eigenvalue weighted by molar-refractivity contribution is 0.0720. The first-order valence-electron chi connectivity index (χ1n) is 3.28. The fourth-order valence-electron chi connectivity index (χ4n) is 1.01. The van der Waals surface area contributed by atoms with E-state index in [1.54, 1.807) is 6.92 Å². The van der Waals surface area contributed by atoms with Gasteiger partial charge < -0.3 is 15.9 Å². The van der Waals surface area contributed by atoms with Gasteiger partial charge in [0.25, 0.3) is 0 Å². The van der Waals surface area contributed by atoms with Crippen molar-refractivity contribution >= 4 is 6.21 Å².